The quantitative estimate of drug-likeness (QED) is 0.640. The summed E-state index contributed by atoms with van der Waals surface area (Å²) in [6.07, 6.45) is 0. The lowest BCUT2D eigenvalue weighted by Gasteiger charge is -2.14. The van der Waals surface area contributed by atoms with E-state index in [4.69, 9.17) is 0 Å². The van der Waals surface area contributed by atoms with Crippen LogP contribution in [-0.2, 0) is 4.79 Å². The molecule has 0 unspecified atom stereocenters. The summed E-state index contributed by atoms with van der Waals surface area (Å²) in [5.74, 6) is 0.108. The van der Waals surface area contributed by atoms with Crippen molar-refractivity contribution in [2.24, 2.45) is 0 Å². The van der Waals surface area contributed by atoms with E-state index in [2.05, 4.69) is 10.4 Å². The molecule has 0 aliphatic rings. The molecule has 8 heteroatoms. The van der Waals surface area contributed by atoms with Crippen molar-refractivity contribution >= 4 is 17.4 Å². The third kappa shape index (κ3) is 3.21. The summed E-state index contributed by atoms with van der Waals surface area (Å²) < 4.78 is 1.52. The molecule has 1 rings (SSSR count). The molecular weight excluding hydrogens is 250 g/mol. The molecule has 8 nitrogen and oxygen atoms in total. The van der Waals surface area contributed by atoms with Gasteiger partial charge in [-0.3, -0.25) is 14.9 Å². The maximum atomic E-state index is 11.5. The number of aryl methyl sites for hydroxylation is 1. The molecule has 1 heterocycles. The van der Waals surface area contributed by atoms with Gasteiger partial charge in [0.15, 0.2) is 0 Å². The van der Waals surface area contributed by atoms with Gasteiger partial charge in [0.1, 0.15) is 5.69 Å². The molecule has 1 aromatic rings. The third-order valence-electron chi connectivity index (χ3n) is 2.63. The van der Waals surface area contributed by atoms with Crippen LogP contribution in [0.4, 0.5) is 11.5 Å². The van der Waals surface area contributed by atoms with E-state index in [1.54, 1.807) is 21.0 Å². The van der Waals surface area contributed by atoms with Gasteiger partial charge in [-0.15, -0.1) is 0 Å². The summed E-state index contributed by atoms with van der Waals surface area (Å²) >= 11 is 0. The number of rotatable bonds is 5. The first-order valence-corrected chi connectivity index (χ1v) is 5.93. The first-order chi connectivity index (χ1) is 8.75. The van der Waals surface area contributed by atoms with E-state index in [0.717, 1.165) is 0 Å². The fourth-order valence-electron chi connectivity index (χ4n) is 1.61. The number of carbonyl (C=O) groups is 1. The van der Waals surface area contributed by atoms with Gasteiger partial charge >= 0.3 is 5.69 Å². The highest BCUT2D eigenvalue weighted by atomic mass is 16.6. The van der Waals surface area contributed by atoms with Crippen LogP contribution in [0.25, 0.3) is 0 Å². The van der Waals surface area contributed by atoms with Crippen LogP contribution >= 0.6 is 0 Å². The highest BCUT2D eigenvalue weighted by Crippen LogP contribution is 2.30. The molecule has 19 heavy (non-hydrogen) atoms. The molecule has 1 aromatic heterocycles. The monoisotopic (exact) mass is 269 g/mol. The van der Waals surface area contributed by atoms with Gasteiger partial charge in [0, 0.05) is 20.1 Å². The standard InChI is InChI=1S/C11H19N5O3/c1-7(2)15-11(12-6-9(17)14(4)5)10(16(18)19)8(3)13-15/h7,12H,6H2,1-5H3. The van der Waals surface area contributed by atoms with Crippen molar-refractivity contribution in [2.75, 3.05) is 26.0 Å². The average Bonchev–Trinajstić information content (AvgIpc) is 2.62. The van der Waals surface area contributed by atoms with Gasteiger partial charge in [-0.25, -0.2) is 4.68 Å². The summed E-state index contributed by atoms with van der Waals surface area (Å²) in [5.41, 5.74) is 0.249. The largest absolute Gasteiger partial charge is 0.355 e. The second kappa shape index (κ2) is 5.68. The number of aromatic nitrogens is 2. The Bertz CT molecular complexity index is 493. The summed E-state index contributed by atoms with van der Waals surface area (Å²) in [5, 5.41) is 18.0. The summed E-state index contributed by atoms with van der Waals surface area (Å²) in [6.45, 7) is 5.31. The molecule has 0 aliphatic heterocycles. The van der Waals surface area contributed by atoms with Gasteiger partial charge in [-0.2, -0.15) is 5.10 Å². The minimum atomic E-state index is -0.482. The number of amides is 1. The van der Waals surface area contributed by atoms with Crippen LogP contribution in [0.3, 0.4) is 0 Å². The van der Waals surface area contributed by atoms with Crippen LogP contribution in [-0.4, -0.2) is 46.2 Å². The zero-order valence-corrected chi connectivity index (χ0v) is 11.8. The topological polar surface area (TPSA) is 93.3 Å². The number of nitrogens with one attached hydrogen (secondary N) is 1. The predicted molar refractivity (Wildman–Crippen MR) is 71.2 cm³/mol. The summed E-state index contributed by atoms with van der Waals surface area (Å²) in [7, 11) is 3.26. The number of carbonyl (C=O) groups excluding carboxylic acids is 1. The van der Waals surface area contributed by atoms with E-state index in [0.29, 0.717) is 5.69 Å². The van der Waals surface area contributed by atoms with E-state index >= 15 is 0 Å². The number of nitro groups is 1. The van der Waals surface area contributed by atoms with Crippen molar-refractivity contribution in [3.8, 4) is 0 Å². The number of likely N-dealkylation sites (N-methyl/N-ethyl adjacent to an activating group) is 1. The van der Waals surface area contributed by atoms with Crippen molar-refractivity contribution in [3.05, 3.63) is 15.8 Å². The normalized spacial score (nSPS) is 10.6. The maximum Gasteiger partial charge on any atom is 0.333 e. The first kappa shape index (κ1) is 14.9. The Kier molecular flexibility index (Phi) is 4.47. The third-order valence-corrected chi connectivity index (χ3v) is 2.63. The second-order valence-corrected chi connectivity index (χ2v) is 4.72. The smallest absolute Gasteiger partial charge is 0.333 e. The minimum absolute atomic E-state index is 0.00824. The molecule has 0 spiro atoms. The Morgan fingerprint density at radius 2 is 2.11 bits per heavy atom. The Morgan fingerprint density at radius 3 is 2.53 bits per heavy atom. The zero-order valence-electron chi connectivity index (χ0n) is 11.8. The molecule has 0 radical (unpaired) electrons. The molecule has 0 bridgehead atoms. The lowest BCUT2D eigenvalue weighted by molar-refractivity contribution is -0.384. The molecule has 0 fully saturated rings. The lowest BCUT2D eigenvalue weighted by Crippen LogP contribution is -2.29. The van der Waals surface area contributed by atoms with Crippen LogP contribution < -0.4 is 5.32 Å². The van der Waals surface area contributed by atoms with Crippen LogP contribution in [0.2, 0.25) is 0 Å². The number of nitrogens with zero attached hydrogens (tertiary/aromatic N) is 4. The minimum Gasteiger partial charge on any atom is -0.355 e. The van der Waals surface area contributed by atoms with Crippen molar-refractivity contribution in [1.29, 1.82) is 0 Å². The zero-order chi connectivity index (χ0) is 14.7. The maximum absolute atomic E-state index is 11.5. The highest BCUT2D eigenvalue weighted by molar-refractivity contribution is 5.81. The first-order valence-electron chi connectivity index (χ1n) is 5.93. The lowest BCUT2D eigenvalue weighted by atomic mass is 10.3. The van der Waals surface area contributed by atoms with Crippen LogP contribution in [0.1, 0.15) is 25.6 Å². The number of anilines is 1. The fourth-order valence-corrected chi connectivity index (χ4v) is 1.61. The van der Waals surface area contributed by atoms with E-state index in [9.17, 15) is 14.9 Å². The van der Waals surface area contributed by atoms with Crippen molar-refractivity contribution in [2.45, 2.75) is 26.8 Å². The molecule has 0 aromatic carbocycles. The van der Waals surface area contributed by atoms with E-state index < -0.39 is 4.92 Å². The van der Waals surface area contributed by atoms with Crippen LogP contribution in [0.15, 0.2) is 0 Å². The fraction of sp³-hybridized carbons (Fsp3) is 0.636. The summed E-state index contributed by atoms with van der Waals surface area (Å²) in [4.78, 5) is 23.6. The van der Waals surface area contributed by atoms with Gasteiger partial charge in [-0.05, 0) is 20.8 Å². The number of hydrogen-bond acceptors (Lipinski definition) is 5. The van der Waals surface area contributed by atoms with Crippen molar-refractivity contribution < 1.29 is 9.72 Å². The Labute approximate surface area is 111 Å². The predicted octanol–water partition coefficient (Wildman–Crippen LogP) is 1.18. The van der Waals surface area contributed by atoms with Crippen molar-refractivity contribution in [1.82, 2.24) is 14.7 Å². The molecule has 0 saturated carbocycles. The molecular formula is C11H19N5O3. The van der Waals surface area contributed by atoms with E-state index in [-0.39, 0.29) is 30.0 Å². The van der Waals surface area contributed by atoms with Crippen molar-refractivity contribution in [3.63, 3.8) is 0 Å². The SMILES string of the molecule is Cc1nn(C(C)C)c(NCC(=O)N(C)C)c1[N+](=O)[O-]. The second-order valence-electron chi connectivity index (χ2n) is 4.72. The Balaban J connectivity index is 3.09. The van der Waals surface area contributed by atoms with Gasteiger partial charge in [-0.1, -0.05) is 0 Å². The summed E-state index contributed by atoms with van der Waals surface area (Å²) in [6, 6.07) is -0.0376. The Morgan fingerprint density at radius 1 is 1.53 bits per heavy atom. The van der Waals surface area contributed by atoms with Crippen LogP contribution in [0.5, 0.6) is 0 Å². The van der Waals surface area contributed by atoms with E-state index in [1.165, 1.54) is 9.58 Å². The average molecular weight is 269 g/mol. The molecule has 1 N–H and O–H groups in total. The van der Waals surface area contributed by atoms with Gasteiger partial charge in [0.2, 0.25) is 11.7 Å². The molecule has 0 aliphatic carbocycles. The van der Waals surface area contributed by atoms with Gasteiger partial charge in [0.05, 0.1) is 11.5 Å². The van der Waals surface area contributed by atoms with E-state index in [1.807, 2.05) is 13.8 Å². The van der Waals surface area contributed by atoms with Gasteiger partial charge < -0.3 is 10.2 Å². The highest BCUT2D eigenvalue weighted by Gasteiger charge is 2.26. The van der Waals surface area contributed by atoms with Gasteiger partial charge in [0.25, 0.3) is 0 Å². The Hall–Kier alpha value is -2.12. The van der Waals surface area contributed by atoms with Crippen LogP contribution in [0, 0.1) is 17.0 Å². The molecule has 0 atom stereocenters. The molecule has 106 valence electrons. The molecule has 1 amide bonds. The molecule has 0 saturated heterocycles. The number of hydrogen-bond donors (Lipinski definition) is 1.